The van der Waals surface area contributed by atoms with Crippen LogP contribution in [-0.4, -0.2) is 31.2 Å². The lowest BCUT2D eigenvalue weighted by molar-refractivity contribution is -0.134. The van der Waals surface area contributed by atoms with Crippen molar-refractivity contribution in [1.29, 1.82) is 0 Å². The van der Waals surface area contributed by atoms with E-state index in [-0.39, 0.29) is 17.7 Å². The molecule has 2 fully saturated rings. The third kappa shape index (κ3) is 3.60. The maximum atomic E-state index is 12.0. The van der Waals surface area contributed by atoms with Gasteiger partial charge in [0.25, 0.3) is 0 Å². The molecular weight excluding hydrogens is 292 g/mol. The number of hydrogen-bond donors (Lipinski definition) is 1. The number of nitrogens with zero attached hydrogens (tertiary/aromatic N) is 1. The molecule has 1 N–H and O–H groups in total. The Labute approximate surface area is 136 Å². The van der Waals surface area contributed by atoms with E-state index in [4.69, 9.17) is 0 Å². The van der Waals surface area contributed by atoms with Crippen molar-refractivity contribution in [2.24, 2.45) is 5.92 Å². The summed E-state index contributed by atoms with van der Waals surface area (Å²) in [5.74, 6) is -0.106. The molecule has 2 saturated heterocycles. The fourth-order valence-electron chi connectivity index (χ4n) is 3.51. The number of nitrogens with one attached hydrogen (secondary N) is 1. The summed E-state index contributed by atoms with van der Waals surface area (Å²) in [5.41, 5.74) is 2.10. The molecule has 0 bridgehead atoms. The molecule has 0 spiro atoms. The van der Waals surface area contributed by atoms with Crippen molar-refractivity contribution in [1.82, 2.24) is 5.32 Å². The Kier molecular flexibility index (Phi) is 4.74. The van der Waals surface area contributed by atoms with Gasteiger partial charge in [-0.25, -0.2) is 0 Å². The first-order chi connectivity index (χ1) is 11.2. The minimum absolute atomic E-state index is 0.181. The van der Waals surface area contributed by atoms with Crippen molar-refractivity contribution in [2.75, 3.05) is 18.0 Å². The van der Waals surface area contributed by atoms with Crippen molar-refractivity contribution in [3.8, 4) is 0 Å². The van der Waals surface area contributed by atoms with Gasteiger partial charge in [-0.2, -0.15) is 0 Å². The average Bonchev–Trinajstić information content (AvgIpc) is 2.56. The highest BCUT2D eigenvalue weighted by molar-refractivity contribution is 6.01. The fraction of sp³-hybridized carbons (Fsp3) is 0.500. The van der Waals surface area contributed by atoms with Crippen LogP contribution in [0.5, 0.6) is 0 Å². The van der Waals surface area contributed by atoms with Gasteiger partial charge in [-0.3, -0.25) is 14.9 Å². The zero-order valence-electron chi connectivity index (χ0n) is 13.2. The summed E-state index contributed by atoms with van der Waals surface area (Å²) in [4.78, 5) is 36.3. The molecule has 2 aliphatic heterocycles. The van der Waals surface area contributed by atoms with Gasteiger partial charge in [-0.15, -0.1) is 0 Å². The largest absolute Gasteiger partial charge is 0.372 e. The summed E-state index contributed by atoms with van der Waals surface area (Å²) < 4.78 is 0. The van der Waals surface area contributed by atoms with E-state index >= 15 is 0 Å². The van der Waals surface area contributed by atoms with Crippen LogP contribution in [0.25, 0.3) is 0 Å². The van der Waals surface area contributed by atoms with Crippen LogP contribution in [0.4, 0.5) is 5.69 Å². The Hall–Kier alpha value is -2.17. The molecule has 1 atom stereocenters. The van der Waals surface area contributed by atoms with Gasteiger partial charge < -0.3 is 9.69 Å². The lowest BCUT2D eigenvalue weighted by Crippen LogP contribution is -2.39. The average molecular weight is 314 g/mol. The number of rotatable bonds is 4. The van der Waals surface area contributed by atoms with Gasteiger partial charge in [0.05, 0.1) is 5.92 Å². The molecule has 0 aliphatic carbocycles. The molecule has 0 aromatic heterocycles. The van der Waals surface area contributed by atoms with Crippen LogP contribution in [0.15, 0.2) is 24.3 Å². The molecule has 1 unspecified atom stereocenters. The first-order valence-electron chi connectivity index (χ1n) is 8.29. The number of piperidine rings is 2. The minimum Gasteiger partial charge on any atom is -0.372 e. The second kappa shape index (κ2) is 6.94. The lowest BCUT2D eigenvalue weighted by Gasteiger charge is -2.33. The van der Waals surface area contributed by atoms with E-state index < -0.39 is 0 Å². The van der Waals surface area contributed by atoms with Crippen molar-refractivity contribution < 1.29 is 14.4 Å². The van der Waals surface area contributed by atoms with E-state index in [0.29, 0.717) is 25.2 Å². The minimum atomic E-state index is -0.236. The fourth-order valence-corrected chi connectivity index (χ4v) is 3.51. The monoisotopic (exact) mass is 314 g/mol. The summed E-state index contributed by atoms with van der Waals surface area (Å²) >= 11 is 0. The summed E-state index contributed by atoms with van der Waals surface area (Å²) in [6.45, 7) is 1.88. The molecule has 5 heteroatoms. The third-order valence-corrected chi connectivity index (χ3v) is 4.92. The summed E-state index contributed by atoms with van der Waals surface area (Å²) in [6, 6.07) is 8.07. The van der Waals surface area contributed by atoms with Crippen LogP contribution >= 0.6 is 0 Å². The van der Waals surface area contributed by atoms with Crippen molar-refractivity contribution in [3.05, 3.63) is 29.8 Å². The number of hydrogen-bond acceptors (Lipinski definition) is 4. The number of aldehydes is 1. The predicted octanol–water partition coefficient (Wildman–Crippen LogP) is 2.01. The third-order valence-electron chi connectivity index (χ3n) is 4.92. The lowest BCUT2D eigenvalue weighted by atomic mass is 9.89. The number of amides is 2. The van der Waals surface area contributed by atoms with Gasteiger partial charge in [0.15, 0.2) is 0 Å². The van der Waals surface area contributed by atoms with Crippen LogP contribution in [0.2, 0.25) is 0 Å². The summed E-state index contributed by atoms with van der Waals surface area (Å²) in [7, 11) is 0. The number of benzene rings is 1. The van der Waals surface area contributed by atoms with Gasteiger partial charge in [0.2, 0.25) is 11.8 Å². The maximum Gasteiger partial charge on any atom is 0.234 e. The van der Waals surface area contributed by atoms with Crippen molar-refractivity contribution >= 4 is 23.8 Å². The number of imide groups is 1. The number of carbonyl (C=O) groups excluding carboxylic acids is 3. The molecule has 0 radical (unpaired) electrons. The Morgan fingerprint density at radius 2 is 1.96 bits per heavy atom. The molecule has 1 aromatic rings. The molecule has 5 nitrogen and oxygen atoms in total. The second-order valence-electron chi connectivity index (χ2n) is 6.43. The van der Waals surface area contributed by atoms with E-state index in [2.05, 4.69) is 22.3 Å². The first kappa shape index (κ1) is 15.7. The van der Waals surface area contributed by atoms with Gasteiger partial charge in [0, 0.05) is 31.6 Å². The van der Waals surface area contributed by atoms with E-state index in [0.717, 1.165) is 43.5 Å². The molecule has 122 valence electrons. The van der Waals surface area contributed by atoms with Crippen LogP contribution in [-0.2, 0) is 14.4 Å². The molecule has 3 rings (SSSR count). The van der Waals surface area contributed by atoms with Gasteiger partial charge in [-0.05, 0) is 42.9 Å². The molecule has 2 heterocycles. The second-order valence-corrected chi connectivity index (χ2v) is 6.43. The zero-order chi connectivity index (χ0) is 16.2. The topological polar surface area (TPSA) is 66.5 Å². The van der Waals surface area contributed by atoms with E-state index in [9.17, 15) is 14.4 Å². The Balaban J connectivity index is 1.69. The van der Waals surface area contributed by atoms with Crippen LogP contribution < -0.4 is 10.2 Å². The quantitative estimate of drug-likeness (QED) is 0.682. The standard InChI is InChI=1S/C18H22N2O3/c21-11-8-13-6-9-20(10-7-13)15-3-1-2-14(12-15)16-4-5-17(22)19-18(16)23/h1-3,11-13,16H,4-10H2,(H,19,22,23). The Bertz CT molecular complexity index is 606. The molecule has 1 aromatic carbocycles. The number of anilines is 1. The molecule has 2 aliphatic rings. The van der Waals surface area contributed by atoms with Gasteiger partial charge in [0.1, 0.15) is 6.29 Å². The first-order valence-corrected chi connectivity index (χ1v) is 8.29. The maximum absolute atomic E-state index is 12.0. The van der Waals surface area contributed by atoms with Crippen LogP contribution in [0.3, 0.4) is 0 Å². The normalized spacial score (nSPS) is 22.8. The molecule has 23 heavy (non-hydrogen) atoms. The highest BCUT2D eigenvalue weighted by atomic mass is 16.2. The Morgan fingerprint density at radius 1 is 1.17 bits per heavy atom. The van der Waals surface area contributed by atoms with Gasteiger partial charge in [-0.1, -0.05) is 12.1 Å². The van der Waals surface area contributed by atoms with Crippen molar-refractivity contribution in [2.45, 2.75) is 38.0 Å². The van der Waals surface area contributed by atoms with E-state index in [1.54, 1.807) is 0 Å². The Morgan fingerprint density at radius 3 is 2.65 bits per heavy atom. The van der Waals surface area contributed by atoms with Crippen LogP contribution in [0.1, 0.15) is 43.6 Å². The molecular formula is C18H22N2O3. The summed E-state index contributed by atoms with van der Waals surface area (Å²) in [5, 5.41) is 2.42. The smallest absolute Gasteiger partial charge is 0.234 e. The zero-order valence-corrected chi connectivity index (χ0v) is 13.2. The SMILES string of the molecule is O=CCC1CCN(c2cccc(C3CCC(=O)NC3=O)c2)CC1. The highest BCUT2D eigenvalue weighted by Gasteiger charge is 2.28. The van der Waals surface area contributed by atoms with Crippen LogP contribution in [0, 0.1) is 5.92 Å². The van der Waals surface area contributed by atoms with E-state index in [1.165, 1.54) is 0 Å². The molecule has 2 amide bonds. The van der Waals surface area contributed by atoms with E-state index in [1.807, 2.05) is 12.1 Å². The molecule has 0 saturated carbocycles. The highest BCUT2D eigenvalue weighted by Crippen LogP contribution is 2.30. The number of carbonyl (C=O) groups is 3. The van der Waals surface area contributed by atoms with Gasteiger partial charge >= 0.3 is 0 Å². The predicted molar refractivity (Wildman–Crippen MR) is 87.2 cm³/mol. The van der Waals surface area contributed by atoms with Crippen molar-refractivity contribution in [3.63, 3.8) is 0 Å². The summed E-state index contributed by atoms with van der Waals surface area (Å²) in [6.07, 6.45) is 4.71.